The third-order valence-electron chi connectivity index (χ3n) is 5.35. The molecule has 29 heavy (non-hydrogen) atoms. The van der Waals surface area contributed by atoms with Crippen LogP contribution in [0.25, 0.3) is 0 Å². The fourth-order valence-corrected chi connectivity index (χ4v) is 3.54. The fourth-order valence-electron chi connectivity index (χ4n) is 3.54. The van der Waals surface area contributed by atoms with Gasteiger partial charge < -0.3 is 15.0 Å². The number of hydrogen-bond donors (Lipinski definition) is 2. The number of amides is 1. The van der Waals surface area contributed by atoms with E-state index in [0.717, 1.165) is 12.0 Å². The Bertz CT molecular complexity index is 886. The number of morpholine rings is 1. The van der Waals surface area contributed by atoms with Gasteiger partial charge in [0.05, 0.1) is 19.3 Å². The zero-order valence-electron chi connectivity index (χ0n) is 17.5. The highest BCUT2D eigenvalue weighted by Gasteiger charge is 2.18. The molecule has 156 valence electrons. The Kier molecular flexibility index (Phi) is 7.04. The van der Waals surface area contributed by atoms with Crippen molar-refractivity contribution in [2.45, 2.75) is 46.1 Å². The molecule has 2 heterocycles. The lowest BCUT2D eigenvalue weighted by Gasteiger charge is -2.27. The summed E-state index contributed by atoms with van der Waals surface area (Å²) in [4.78, 5) is 34.5. The molecule has 3 rings (SSSR count). The maximum Gasteiger partial charge on any atom is 0.255 e. The summed E-state index contributed by atoms with van der Waals surface area (Å²) in [7, 11) is 0. The summed E-state index contributed by atoms with van der Waals surface area (Å²) in [5.74, 6) is 0.517. The van der Waals surface area contributed by atoms with Gasteiger partial charge in [-0.2, -0.15) is 0 Å². The summed E-state index contributed by atoms with van der Waals surface area (Å²) in [5, 5.41) is 3.08. The minimum atomic E-state index is -0.169. The summed E-state index contributed by atoms with van der Waals surface area (Å²) in [5.41, 5.74) is 3.36. The first-order chi connectivity index (χ1) is 14.0. The van der Waals surface area contributed by atoms with Crippen LogP contribution in [0.4, 0.5) is 5.95 Å². The number of aryl methyl sites for hydroxylation is 2. The van der Waals surface area contributed by atoms with Gasteiger partial charge in [0.1, 0.15) is 0 Å². The van der Waals surface area contributed by atoms with E-state index >= 15 is 0 Å². The molecule has 1 fully saturated rings. The highest BCUT2D eigenvalue weighted by molar-refractivity contribution is 5.76. The van der Waals surface area contributed by atoms with Gasteiger partial charge >= 0.3 is 0 Å². The van der Waals surface area contributed by atoms with Crippen LogP contribution in [-0.4, -0.2) is 42.2 Å². The van der Waals surface area contributed by atoms with Gasteiger partial charge in [-0.05, 0) is 32.3 Å². The molecule has 7 nitrogen and oxygen atoms in total. The molecule has 0 saturated carbocycles. The molecular weight excluding hydrogens is 368 g/mol. The van der Waals surface area contributed by atoms with Gasteiger partial charge in [0.2, 0.25) is 11.9 Å². The number of benzene rings is 1. The number of nitrogens with one attached hydrogen (secondary N) is 2. The zero-order valence-corrected chi connectivity index (χ0v) is 17.5. The van der Waals surface area contributed by atoms with E-state index in [9.17, 15) is 9.59 Å². The van der Waals surface area contributed by atoms with Crippen LogP contribution in [0.15, 0.2) is 29.1 Å². The molecule has 1 unspecified atom stereocenters. The normalized spacial score (nSPS) is 15.2. The highest BCUT2D eigenvalue weighted by Crippen LogP contribution is 2.18. The maximum absolute atomic E-state index is 12.6. The lowest BCUT2D eigenvalue weighted by molar-refractivity contribution is -0.121. The van der Waals surface area contributed by atoms with Crippen molar-refractivity contribution < 1.29 is 9.53 Å². The number of aromatic amines is 1. The molecule has 1 aromatic carbocycles. The van der Waals surface area contributed by atoms with E-state index in [1.807, 2.05) is 37.8 Å². The number of ether oxygens (including phenoxy) is 1. The summed E-state index contributed by atoms with van der Waals surface area (Å²) in [6.07, 6.45) is 1.43. The molecule has 0 aliphatic carbocycles. The second-order valence-corrected chi connectivity index (χ2v) is 7.49. The molecule has 1 aromatic heterocycles. The van der Waals surface area contributed by atoms with E-state index in [2.05, 4.69) is 27.4 Å². The van der Waals surface area contributed by atoms with Crippen molar-refractivity contribution >= 4 is 11.9 Å². The number of H-pyrrole nitrogens is 1. The summed E-state index contributed by atoms with van der Waals surface area (Å²) in [6.45, 7) is 8.60. The standard InChI is InChI=1S/C22H30N4O3/c1-4-19(17-7-5-15(2)6-8-17)24-20(27)10-9-18-16(3)23-22(25-21(18)28)26-11-13-29-14-12-26/h5-8,19H,4,9-14H2,1-3H3,(H,24,27)(H,23,25,28). The van der Waals surface area contributed by atoms with Crippen molar-refractivity contribution in [3.8, 4) is 0 Å². The van der Waals surface area contributed by atoms with Gasteiger partial charge in [-0.3, -0.25) is 14.6 Å². The minimum absolute atomic E-state index is 0.0238. The Labute approximate surface area is 171 Å². The number of carbonyl (C=O) groups is 1. The Hall–Kier alpha value is -2.67. The van der Waals surface area contributed by atoms with Crippen LogP contribution in [0, 0.1) is 13.8 Å². The van der Waals surface area contributed by atoms with Gasteiger partial charge in [-0.25, -0.2) is 4.98 Å². The maximum atomic E-state index is 12.6. The monoisotopic (exact) mass is 398 g/mol. The average Bonchev–Trinajstić information content (AvgIpc) is 2.72. The van der Waals surface area contributed by atoms with Crippen molar-refractivity contribution in [2.75, 3.05) is 31.2 Å². The third kappa shape index (κ3) is 5.44. The van der Waals surface area contributed by atoms with Gasteiger partial charge in [-0.15, -0.1) is 0 Å². The van der Waals surface area contributed by atoms with Gasteiger partial charge in [0, 0.05) is 30.8 Å². The predicted octanol–water partition coefficient (Wildman–Crippen LogP) is 2.42. The van der Waals surface area contributed by atoms with Crippen molar-refractivity contribution in [3.63, 3.8) is 0 Å². The Morgan fingerprint density at radius 1 is 1.24 bits per heavy atom. The molecule has 1 atom stereocenters. The van der Waals surface area contributed by atoms with Crippen LogP contribution >= 0.6 is 0 Å². The number of nitrogens with zero attached hydrogens (tertiary/aromatic N) is 2. The van der Waals surface area contributed by atoms with E-state index < -0.39 is 0 Å². The average molecular weight is 399 g/mol. The van der Waals surface area contributed by atoms with Crippen molar-refractivity contribution in [2.24, 2.45) is 0 Å². The highest BCUT2D eigenvalue weighted by atomic mass is 16.5. The van der Waals surface area contributed by atoms with E-state index in [1.165, 1.54) is 5.56 Å². The molecule has 7 heteroatoms. The third-order valence-corrected chi connectivity index (χ3v) is 5.35. The summed E-state index contributed by atoms with van der Waals surface area (Å²) < 4.78 is 5.34. The number of rotatable bonds is 7. The molecule has 1 aliphatic rings. The lowest BCUT2D eigenvalue weighted by Crippen LogP contribution is -2.38. The largest absolute Gasteiger partial charge is 0.378 e. The van der Waals surface area contributed by atoms with Gasteiger partial charge in [0.25, 0.3) is 5.56 Å². The summed E-state index contributed by atoms with van der Waals surface area (Å²) in [6, 6.07) is 8.17. The van der Waals surface area contributed by atoms with Crippen LogP contribution in [0.1, 0.15) is 48.2 Å². The van der Waals surface area contributed by atoms with Crippen LogP contribution < -0.4 is 15.8 Å². The SMILES string of the molecule is CCC(NC(=O)CCc1c(C)nc(N2CCOCC2)[nH]c1=O)c1ccc(C)cc1. The second kappa shape index (κ2) is 9.69. The first kappa shape index (κ1) is 21.0. The first-order valence-corrected chi connectivity index (χ1v) is 10.3. The second-order valence-electron chi connectivity index (χ2n) is 7.49. The molecule has 0 radical (unpaired) electrons. The first-order valence-electron chi connectivity index (χ1n) is 10.3. The molecule has 0 spiro atoms. The molecule has 0 bridgehead atoms. The molecule has 2 aromatic rings. The van der Waals surface area contributed by atoms with Crippen LogP contribution in [-0.2, 0) is 16.0 Å². The molecule has 1 aliphatic heterocycles. The van der Waals surface area contributed by atoms with E-state index in [-0.39, 0.29) is 23.9 Å². The lowest BCUT2D eigenvalue weighted by atomic mass is 10.0. The zero-order chi connectivity index (χ0) is 20.8. The number of hydrogen-bond acceptors (Lipinski definition) is 5. The van der Waals surface area contributed by atoms with Crippen LogP contribution in [0.3, 0.4) is 0 Å². The summed E-state index contributed by atoms with van der Waals surface area (Å²) >= 11 is 0. The number of carbonyl (C=O) groups excluding carboxylic acids is 1. The Morgan fingerprint density at radius 2 is 1.93 bits per heavy atom. The number of aromatic nitrogens is 2. The molecule has 1 saturated heterocycles. The minimum Gasteiger partial charge on any atom is -0.378 e. The van der Waals surface area contributed by atoms with Crippen LogP contribution in [0.2, 0.25) is 0 Å². The Balaban J connectivity index is 1.62. The number of anilines is 1. The Morgan fingerprint density at radius 3 is 2.55 bits per heavy atom. The molecule has 1 amide bonds. The van der Waals surface area contributed by atoms with E-state index in [4.69, 9.17) is 4.74 Å². The fraction of sp³-hybridized carbons (Fsp3) is 0.500. The van der Waals surface area contributed by atoms with Crippen molar-refractivity contribution in [3.05, 3.63) is 57.0 Å². The smallest absolute Gasteiger partial charge is 0.255 e. The quantitative estimate of drug-likeness (QED) is 0.748. The predicted molar refractivity (Wildman–Crippen MR) is 113 cm³/mol. The molecular formula is C22H30N4O3. The van der Waals surface area contributed by atoms with Crippen molar-refractivity contribution in [1.29, 1.82) is 0 Å². The van der Waals surface area contributed by atoms with Gasteiger partial charge in [0.15, 0.2) is 0 Å². The molecule has 2 N–H and O–H groups in total. The topological polar surface area (TPSA) is 87.3 Å². The van der Waals surface area contributed by atoms with E-state index in [1.54, 1.807) is 0 Å². The van der Waals surface area contributed by atoms with Gasteiger partial charge in [-0.1, -0.05) is 36.8 Å². The van der Waals surface area contributed by atoms with E-state index in [0.29, 0.717) is 49.9 Å². The van der Waals surface area contributed by atoms with Crippen LogP contribution in [0.5, 0.6) is 0 Å². The van der Waals surface area contributed by atoms with Crippen molar-refractivity contribution in [1.82, 2.24) is 15.3 Å².